The molecule has 0 unspecified atom stereocenters. The largest absolute Gasteiger partial charge is 0.455 e. The summed E-state index contributed by atoms with van der Waals surface area (Å²) in [6.07, 6.45) is 0. The van der Waals surface area contributed by atoms with Crippen molar-refractivity contribution in [1.29, 1.82) is 0 Å². The second-order valence-electron chi connectivity index (χ2n) is 8.85. The predicted octanol–water partition coefficient (Wildman–Crippen LogP) is 9.91. The molecule has 6 aromatic rings. The number of hydrogen-bond acceptors (Lipinski definition) is 4. The molecule has 0 aromatic heterocycles. The predicted molar refractivity (Wildman–Crippen MR) is 156 cm³/mol. The van der Waals surface area contributed by atoms with Gasteiger partial charge in [0.1, 0.15) is 11.5 Å². The molecule has 0 aliphatic carbocycles. The Morgan fingerprint density at radius 3 is 1.26 bits per heavy atom. The van der Waals surface area contributed by atoms with Gasteiger partial charge >= 0.3 is 0 Å². The second-order valence-corrected chi connectivity index (χ2v) is 8.85. The molecule has 4 nitrogen and oxygen atoms in total. The third-order valence-corrected chi connectivity index (χ3v) is 6.12. The zero-order valence-corrected chi connectivity index (χ0v) is 20.7. The van der Waals surface area contributed by atoms with Crippen molar-refractivity contribution in [3.05, 3.63) is 146 Å². The molecular weight excluding hydrogens is 468 g/mol. The van der Waals surface area contributed by atoms with E-state index in [0.717, 1.165) is 56.5 Å². The fourth-order valence-electron chi connectivity index (χ4n) is 4.26. The summed E-state index contributed by atoms with van der Waals surface area (Å²) in [7, 11) is 0. The van der Waals surface area contributed by atoms with Crippen LogP contribution in [0.3, 0.4) is 0 Å². The fraction of sp³-hybridized carbons (Fsp3) is 0. The highest BCUT2D eigenvalue weighted by atomic mass is 16.5. The maximum absolute atomic E-state index is 6.32. The molecule has 4 heteroatoms. The first kappa shape index (κ1) is 23.2. The normalized spacial score (nSPS) is 10.6. The molecule has 6 aromatic carbocycles. The lowest BCUT2D eigenvalue weighted by Crippen LogP contribution is -1.94. The van der Waals surface area contributed by atoms with Crippen LogP contribution in [0.2, 0.25) is 0 Å². The topological polar surface area (TPSA) is 42.5 Å². The average molecular weight is 495 g/mol. The molecule has 0 amide bonds. The second kappa shape index (κ2) is 10.8. The Kier molecular flexibility index (Phi) is 6.60. The van der Waals surface area contributed by atoms with Crippen molar-refractivity contribution >= 4 is 33.5 Å². The third-order valence-electron chi connectivity index (χ3n) is 6.12. The van der Waals surface area contributed by atoms with Gasteiger partial charge in [-0.2, -0.15) is 0 Å². The summed E-state index contributed by atoms with van der Waals surface area (Å²) in [5.74, 6) is 3.01. The van der Waals surface area contributed by atoms with Crippen LogP contribution >= 0.6 is 0 Å². The van der Waals surface area contributed by atoms with Crippen LogP contribution in [0, 0.1) is 0 Å². The van der Waals surface area contributed by atoms with E-state index in [1.807, 2.05) is 133 Å². The van der Waals surface area contributed by atoms with Crippen LogP contribution in [0.5, 0.6) is 23.0 Å². The quantitative estimate of drug-likeness (QED) is 0.221. The molecule has 0 bridgehead atoms. The van der Waals surface area contributed by atoms with E-state index in [1.165, 1.54) is 0 Å². The smallest absolute Gasteiger partial charge is 0.150 e. The van der Waals surface area contributed by atoms with Crippen molar-refractivity contribution in [3.63, 3.8) is 0 Å². The number of para-hydroxylation sites is 6. The van der Waals surface area contributed by atoms with E-state index in [-0.39, 0.29) is 0 Å². The lowest BCUT2D eigenvalue weighted by molar-refractivity contribution is 0.484. The van der Waals surface area contributed by atoms with Crippen molar-refractivity contribution in [2.45, 2.75) is 0 Å². The van der Waals surface area contributed by atoms with Crippen LogP contribution in [0.25, 0.3) is 10.8 Å². The zero-order valence-electron chi connectivity index (χ0n) is 20.7. The van der Waals surface area contributed by atoms with Gasteiger partial charge in [-0.05, 0) is 83.6 Å². The van der Waals surface area contributed by atoms with E-state index in [1.54, 1.807) is 0 Å². The van der Waals surface area contributed by atoms with Crippen LogP contribution < -0.4 is 20.1 Å². The maximum Gasteiger partial charge on any atom is 0.150 e. The molecule has 0 atom stereocenters. The van der Waals surface area contributed by atoms with Gasteiger partial charge in [0.15, 0.2) is 11.5 Å². The highest BCUT2D eigenvalue weighted by Gasteiger charge is 2.09. The lowest BCUT2D eigenvalue weighted by Gasteiger charge is -2.15. The molecule has 0 saturated heterocycles. The zero-order chi connectivity index (χ0) is 25.6. The van der Waals surface area contributed by atoms with Gasteiger partial charge in [-0.1, -0.05) is 72.8 Å². The average Bonchev–Trinajstić information content (AvgIpc) is 2.96. The van der Waals surface area contributed by atoms with Crippen molar-refractivity contribution in [1.82, 2.24) is 0 Å². The van der Waals surface area contributed by atoms with E-state index < -0.39 is 0 Å². The van der Waals surface area contributed by atoms with Gasteiger partial charge in [-0.25, -0.2) is 0 Å². The van der Waals surface area contributed by atoms with Gasteiger partial charge in [0, 0.05) is 11.4 Å². The van der Waals surface area contributed by atoms with Crippen LogP contribution in [0.4, 0.5) is 22.7 Å². The summed E-state index contributed by atoms with van der Waals surface area (Å²) in [4.78, 5) is 0. The molecule has 0 aliphatic heterocycles. The van der Waals surface area contributed by atoms with Crippen LogP contribution in [-0.4, -0.2) is 0 Å². The van der Waals surface area contributed by atoms with Crippen molar-refractivity contribution < 1.29 is 9.47 Å². The highest BCUT2D eigenvalue weighted by molar-refractivity contribution is 5.85. The van der Waals surface area contributed by atoms with Crippen LogP contribution in [-0.2, 0) is 0 Å². The summed E-state index contributed by atoms with van der Waals surface area (Å²) in [6, 6.07) is 48.2. The van der Waals surface area contributed by atoms with Crippen molar-refractivity contribution in [2.75, 3.05) is 10.6 Å². The Hall–Kier alpha value is -5.22. The summed E-state index contributed by atoms with van der Waals surface area (Å²) < 4.78 is 12.6. The number of anilines is 4. The first-order valence-corrected chi connectivity index (χ1v) is 12.5. The van der Waals surface area contributed by atoms with Crippen molar-refractivity contribution in [3.8, 4) is 23.0 Å². The standard InChI is InChI=1S/C34H26N2O2/c1-3-11-27(12-4-1)35-31-15-7-9-17-33(31)37-29-21-19-25-20-22-30(24-26(25)23-29)38-34-18-10-8-16-32(34)36-28-13-5-2-6-14-28/h1-24,35-36H. The van der Waals surface area contributed by atoms with Gasteiger partial charge in [0.2, 0.25) is 0 Å². The van der Waals surface area contributed by atoms with Gasteiger partial charge in [-0.3, -0.25) is 0 Å². The van der Waals surface area contributed by atoms with E-state index in [0.29, 0.717) is 0 Å². The molecule has 38 heavy (non-hydrogen) atoms. The molecule has 0 radical (unpaired) electrons. The minimum atomic E-state index is 0.753. The SMILES string of the molecule is c1ccc(Nc2ccccc2Oc2ccc3ccc(Oc4ccccc4Nc4ccccc4)cc3c2)cc1. The first-order valence-electron chi connectivity index (χ1n) is 12.5. The molecule has 0 saturated carbocycles. The highest BCUT2D eigenvalue weighted by Crippen LogP contribution is 2.36. The molecule has 2 N–H and O–H groups in total. The minimum absolute atomic E-state index is 0.753. The molecule has 0 aliphatic rings. The Morgan fingerprint density at radius 1 is 0.368 bits per heavy atom. The lowest BCUT2D eigenvalue weighted by atomic mass is 10.1. The van der Waals surface area contributed by atoms with E-state index >= 15 is 0 Å². The Balaban J connectivity index is 1.24. The Labute approximate surface area is 222 Å². The van der Waals surface area contributed by atoms with E-state index in [4.69, 9.17) is 9.47 Å². The molecule has 184 valence electrons. The third kappa shape index (κ3) is 5.45. The first-order chi connectivity index (χ1) is 18.8. The van der Waals surface area contributed by atoms with Crippen molar-refractivity contribution in [2.24, 2.45) is 0 Å². The van der Waals surface area contributed by atoms with Gasteiger partial charge in [-0.15, -0.1) is 0 Å². The number of nitrogens with one attached hydrogen (secondary N) is 2. The van der Waals surface area contributed by atoms with E-state index in [9.17, 15) is 0 Å². The summed E-state index contributed by atoms with van der Waals surface area (Å²) in [6.45, 7) is 0. The number of hydrogen-bond donors (Lipinski definition) is 2. The molecule has 0 spiro atoms. The maximum atomic E-state index is 6.32. The number of ether oxygens (including phenoxy) is 2. The Bertz CT molecular complexity index is 1550. The van der Waals surface area contributed by atoms with Gasteiger partial charge < -0.3 is 20.1 Å². The van der Waals surface area contributed by atoms with Gasteiger partial charge in [0.25, 0.3) is 0 Å². The van der Waals surface area contributed by atoms with Crippen LogP contribution in [0.1, 0.15) is 0 Å². The van der Waals surface area contributed by atoms with Gasteiger partial charge in [0.05, 0.1) is 11.4 Å². The number of rotatable bonds is 8. The minimum Gasteiger partial charge on any atom is -0.455 e. The molecule has 0 fully saturated rings. The summed E-state index contributed by atoms with van der Waals surface area (Å²) >= 11 is 0. The molecule has 6 rings (SSSR count). The fourth-order valence-corrected chi connectivity index (χ4v) is 4.26. The monoisotopic (exact) mass is 494 g/mol. The summed E-state index contributed by atoms with van der Waals surface area (Å²) in [5.41, 5.74) is 3.81. The van der Waals surface area contributed by atoms with Crippen LogP contribution in [0.15, 0.2) is 146 Å². The molecular formula is C34H26N2O2. The number of fused-ring (bicyclic) bond motifs is 1. The summed E-state index contributed by atoms with van der Waals surface area (Å²) in [5, 5.41) is 9.01. The Morgan fingerprint density at radius 2 is 0.789 bits per heavy atom. The molecule has 0 heterocycles. The number of benzene rings is 6. The van der Waals surface area contributed by atoms with E-state index in [2.05, 4.69) is 22.8 Å².